The van der Waals surface area contributed by atoms with Crippen molar-refractivity contribution in [2.75, 3.05) is 45.9 Å². The predicted octanol–water partition coefficient (Wildman–Crippen LogP) is 0.328. The molecule has 1 aliphatic rings. The van der Waals surface area contributed by atoms with E-state index in [4.69, 9.17) is 4.74 Å². The van der Waals surface area contributed by atoms with Gasteiger partial charge in [0.2, 0.25) is 0 Å². The van der Waals surface area contributed by atoms with Crippen molar-refractivity contribution in [2.45, 2.75) is 32.8 Å². The molecule has 0 aromatic rings. The summed E-state index contributed by atoms with van der Waals surface area (Å²) < 4.78 is 5.53. The highest BCUT2D eigenvalue weighted by Gasteiger charge is 2.23. The number of hydrogen-bond acceptors (Lipinski definition) is 4. The van der Waals surface area contributed by atoms with Crippen LogP contribution in [-0.2, 0) is 9.53 Å². The molecule has 1 fully saturated rings. The first kappa shape index (κ1) is 15.4. The SMILES string of the molecule is CCCCOCCN1CCN(C(=O)C(C)O)CC1. The number of amides is 1. The number of carbonyl (C=O) groups is 1. The van der Waals surface area contributed by atoms with Gasteiger partial charge >= 0.3 is 0 Å². The molecule has 18 heavy (non-hydrogen) atoms. The van der Waals surface area contributed by atoms with Crippen LogP contribution in [0.2, 0.25) is 0 Å². The van der Waals surface area contributed by atoms with Crippen LogP contribution in [0, 0.1) is 0 Å². The number of aliphatic hydroxyl groups excluding tert-OH is 1. The second-order valence-corrected chi connectivity index (χ2v) is 4.81. The first-order chi connectivity index (χ1) is 8.65. The molecule has 0 saturated carbocycles. The minimum atomic E-state index is -0.881. The smallest absolute Gasteiger partial charge is 0.251 e. The lowest BCUT2D eigenvalue weighted by Crippen LogP contribution is -2.51. The van der Waals surface area contributed by atoms with E-state index >= 15 is 0 Å². The van der Waals surface area contributed by atoms with Crippen LogP contribution in [0.25, 0.3) is 0 Å². The zero-order chi connectivity index (χ0) is 13.4. The van der Waals surface area contributed by atoms with Gasteiger partial charge in [0.15, 0.2) is 0 Å². The number of hydrogen-bond donors (Lipinski definition) is 1. The molecule has 5 heteroatoms. The molecule has 0 spiro atoms. The topological polar surface area (TPSA) is 53.0 Å². The summed E-state index contributed by atoms with van der Waals surface area (Å²) >= 11 is 0. The van der Waals surface area contributed by atoms with E-state index in [1.54, 1.807) is 4.90 Å². The zero-order valence-electron chi connectivity index (χ0n) is 11.6. The van der Waals surface area contributed by atoms with Crippen molar-refractivity contribution in [2.24, 2.45) is 0 Å². The summed E-state index contributed by atoms with van der Waals surface area (Å²) in [4.78, 5) is 15.6. The van der Waals surface area contributed by atoms with E-state index in [-0.39, 0.29) is 5.91 Å². The molecular weight excluding hydrogens is 232 g/mol. The lowest BCUT2D eigenvalue weighted by molar-refractivity contribution is -0.141. The van der Waals surface area contributed by atoms with Gasteiger partial charge in [-0.2, -0.15) is 0 Å². The minimum absolute atomic E-state index is 0.158. The highest BCUT2D eigenvalue weighted by Crippen LogP contribution is 2.04. The van der Waals surface area contributed by atoms with Crippen molar-refractivity contribution in [1.29, 1.82) is 0 Å². The van der Waals surface area contributed by atoms with Gasteiger partial charge in [-0.3, -0.25) is 9.69 Å². The highest BCUT2D eigenvalue weighted by molar-refractivity contribution is 5.80. The van der Waals surface area contributed by atoms with E-state index in [1.807, 2.05) is 0 Å². The molecule has 1 saturated heterocycles. The highest BCUT2D eigenvalue weighted by atomic mass is 16.5. The first-order valence-corrected chi connectivity index (χ1v) is 6.92. The van der Waals surface area contributed by atoms with E-state index in [0.717, 1.165) is 39.3 Å². The molecule has 1 unspecified atom stereocenters. The van der Waals surface area contributed by atoms with Gasteiger partial charge in [0, 0.05) is 39.3 Å². The fourth-order valence-electron chi connectivity index (χ4n) is 2.00. The van der Waals surface area contributed by atoms with Crippen LogP contribution < -0.4 is 0 Å². The fraction of sp³-hybridized carbons (Fsp3) is 0.923. The maximum Gasteiger partial charge on any atom is 0.251 e. The normalized spacial score (nSPS) is 18.9. The average molecular weight is 258 g/mol. The van der Waals surface area contributed by atoms with Gasteiger partial charge in [0.25, 0.3) is 5.91 Å². The summed E-state index contributed by atoms with van der Waals surface area (Å²) in [7, 11) is 0. The Hall–Kier alpha value is -0.650. The first-order valence-electron chi connectivity index (χ1n) is 6.92. The number of aliphatic hydroxyl groups is 1. The van der Waals surface area contributed by atoms with Crippen molar-refractivity contribution in [3.63, 3.8) is 0 Å². The monoisotopic (exact) mass is 258 g/mol. The van der Waals surface area contributed by atoms with Gasteiger partial charge in [-0.1, -0.05) is 13.3 Å². The number of rotatable bonds is 7. The predicted molar refractivity (Wildman–Crippen MR) is 70.4 cm³/mol. The van der Waals surface area contributed by atoms with Crippen LogP contribution >= 0.6 is 0 Å². The Kier molecular flexibility index (Phi) is 7.23. The van der Waals surface area contributed by atoms with Crippen LogP contribution in [0.4, 0.5) is 0 Å². The molecule has 1 aliphatic heterocycles. The van der Waals surface area contributed by atoms with Crippen LogP contribution in [0.15, 0.2) is 0 Å². The Balaban J connectivity index is 2.10. The molecule has 0 radical (unpaired) electrons. The van der Waals surface area contributed by atoms with Gasteiger partial charge in [0.05, 0.1) is 6.61 Å². The molecule has 0 aromatic heterocycles. The lowest BCUT2D eigenvalue weighted by atomic mass is 10.2. The Morgan fingerprint density at radius 3 is 2.50 bits per heavy atom. The molecule has 1 amide bonds. The summed E-state index contributed by atoms with van der Waals surface area (Å²) in [6.07, 6.45) is 1.41. The summed E-state index contributed by atoms with van der Waals surface area (Å²) in [6.45, 7) is 9.38. The molecule has 106 valence electrons. The van der Waals surface area contributed by atoms with Crippen molar-refractivity contribution in [3.8, 4) is 0 Å². The number of carbonyl (C=O) groups excluding carboxylic acids is 1. The number of nitrogens with zero attached hydrogens (tertiary/aromatic N) is 2. The Bertz CT molecular complexity index is 238. The van der Waals surface area contributed by atoms with E-state index < -0.39 is 6.10 Å². The van der Waals surface area contributed by atoms with Crippen molar-refractivity contribution >= 4 is 5.91 Å². The van der Waals surface area contributed by atoms with Gasteiger partial charge < -0.3 is 14.7 Å². The lowest BCUT2D eigenvalue weighted by Gasteiger charge is -2.35. The van der Waals surface area contributed by atoms with Gasteiger partial charge in [-0.25, -0.2) is 0 Å². The maximum atomic E-state index is 11.6. The third kappa shape index (κ3) is 5.33. The van der Waals surface area contributed by atoms with Gasteiger partial charge in [-0.05, 0) is 13.3 Å². The fourth-order valence-corrected chi connectivity index (χ4v) is 2.00. The largest absolute Gasteiger partial charge is 0.384 e. The molecule has 1 N–H and O–H groups in total. The van der Waals surface area contributed by atoms with Crippen molar-refractivity contribution < 1.29 is 14.6 Å². The van der Waals surface area contributed by atoms with Crippen LogP contribution in [0.5, 0.6) is 0 Å². The van der Waals surface area contributed by atoms with Crippen LogP contribution in [-0.4, -0.2) is 72.9 Å². The Labute approximate surface area is 110 Å². The van der Waals surface area contributed by atoms with E-state index in [0.29, 0.717) is 13.1 Å². The zero-order valence-corrected chi connectivity index (χ0v) is 11.6. The number of ether oxygens (including phenoxy) is 1. The molecule has 1 rings (SSSR count). The molecule has 0 aromatic carbocycles. The summed E-state index contributed by atoms with van der Waals surface area (Å²) in [5, 5.41) is 9.24. The number of unbranched alkanes of at least 4 members (excludes halogenated alkanes) is 1. The van der Waals surface area contributed by atoms with Crippen LogP contribution in [0.3, 0.4) is 0 Å². The van der Waals surface area contributed by atoms with E-state index in [9.17, 15) is 9.90 Å². The molecular formula is C13H26N2O3. The molecule has 1 atom stereocenters. The third-order valence-corrected chi connectivity index (χ3v) is 3.24. The Morgan fingerprint density at radius 1 is 1.28 bits per heavy atom. The molecule has 0 aliphatic carbocycles. The Morgan fingerprint density at radius 2 is 1.94 bits per heavy atom. The van der Waals surface area contributed by atoms with E-state index in [2.05, 4.69) is 11.8 Å². The number of piperazine rings is 1. The summed E-state index contributed by atoms with van der Waals surface area (Å²) in [5.74, 6) is -0.158. The van der Waals surface area contributed by atoms with Gasteiger partial charge in [0.1, 0.15) is 6.10 Å². The van der Waals surface area contributed by atoms with Crippen molar-refractivity contribution in [3.05, 3.63) is 0 Å². The minimum Gasteiger partial charge on any atom is -0.384 e. The molecule has 5 nitrogen and oxygen atoms in total. The third-order valence-electron chi connectivity index (χ3n) is 3.24. The molecule has 1 heterocycles. The standard InChI is InChI=1S/C13H26N2O3/c1-3-4-10-18-11-9-14-5-7-15(8-6-14)13(17)12(2)16/h12,16H,3-11H2,1-2H3. The summed E-state index contributed by atoms with van der Waals surface area (Å²) in [6, 6.07) is 0. The summed E-state index contributed by atoms with van der Waals surface area (Å²) in [5.41, 5.74) is 0. The van der Waals surface area contributed by atoms with Crippen molar-refractivity contribution in [1.82, 2.24) is 9.80 Å². The van der Waals surface area contributed by atoms with E-state index in [1.165, 1.54) is 13.3 Å². The maximum absolute atomic E-state index is 11.6. The quantitative estimate of drug-likeness (QED) is 0.669. The van der Waals surface area contributed by atoms with Gasteiger partial charge in [-0.15, -0.1) is 0 Å². The molecule has 0 bridgehead atoms. The van der Waals surface area contributed by atoms with Crippen LogP contribution in [0.1, 0.15) is 26.7 Å². The average Bonchev–Trinajstić information content (AvgIpc) is 2.38. The second-order valence-electron chi connectivity index (χ2n) is 4.81. The second kappa shape index (κ2) is 8.45.